The van der Waals surface area contributed by atoms with Gasteiger partial charge in [-0.15, -0.1) is 0 Å². The van der Waals surface area contributed by atoms with Crippen LogP contribution in [0.2, 0.25) is 0 Å². The Morgan fingerprint density at radius 3 is 1.57 bits per heavy atom. The van der Waals surface area contributed by atoms with Crippen LogP contribution in [0.4, 0.5) is 5.69 Å². The second-order valence-corrected chi connectivity index (χ2v) is 11.9. The zero-order chi connectivity index (χ0) is 31.2. The average molecular weight is 632 g/mol. The molecule has 0 unspecified atom stereocenters. The lowest BCUT2D eigenvalue weighted by atomic mass is 10.2. The van der Waals surface area contributed by atoms with E-state index >= 15 is 0 Å². The summed E-state index contributed by atoms with van der Waals surface area (Å²) >= 11 is 0. The summed E-state index contributed by atoms with van der Waals surface area (Å²) in [6, 6.07) is 30.3. The van der Waals surface area contributed by atoms with Gasteiger partial charge in [0.1, 0.15) is 12.4 Å². The number of para-hydroxylation sites is 3. The maximum Gasteiger partial charge on any atom is 0.142 e. The smallest absolute Gasteiger partial charge is 0.142 e. The van der Waals surface area contributed by atoms with Crippen LogP contribution in [0.3, 0.4) is 0 Å². The quantitative estimate of drug-likeness (QED) is 0.185. The van der Waals surface area contributed by atoms with Crippen LogP contribution in [0.1, 0.15) is 92.0 Å². The number of pyridine rings is 2. The zero-order valence-electron chi connectivity index (χ0n) is 27.3. The molecule has 0 bridgehead atoms. The topological polar surface area (TPSA) is 47.0 Å². The second-order valence-electron chi connectivity index (χ2n) is 11.9. The normalized spacial score (nSPS) is 9.91. The average Bonchev–Trinajstić information content (AvgIpc) is 2.97. The van der Waals surface area contributed by atoms with Crippen molar-refractivity contribution in [1.82, 2.24) is 9.97 Å². The van der Waals surface area contributed by atoms with Crippen molar-refractivity contribution in [3.05, 3.63) is 110 Å². The first kappa shape index (κ1) is 49.0. The molecule has 0 fully saturated rings. The summed E-state index contributed by atoms with van der Waals surface area (Å²) in [7, 11) is 0. The van der Waals surface area contributed by atoms with E-state index in [1.807, 2.05) is 85.3 Å². The summed E-state index contributed by atoms with van der Waals surface area (Å²) in [5, 5.41) is 6.88. The first-order chi connectivity index (χ1) is 20.1. The van der Waals surface area contributed by atoms with Crippen LogP contribution < -0.4 is 10.1 Å². The minimum absolute atomic E-state index is 0. The SMILES string of the molecule is C.C.C.C.CC(C)C.CC(C)C.CC(C)C.c1ccc2c(c1)NCCO2.c1ccc2cnccc2c1.c1ccc2ncccc2c1. The molecule has 258 valence electrons. The molecule has 3 heterocycles. The first-order valence-corrected chi connectivity index (χ1v) is 15.1. The van der Waals surface area contributed by atoms with Crippen LogP contribution in [0.25, 0.3) is 21.7 Å². The minimum atomic E-state index is 0. The van der Waals surface area contributed by atoms with E-state index in [0.29, 0.717) is 0 Å². The summed E-state index contributed by atoms with van der Waals surface area (Å²) in [6.07, 6.45) is 5.49. The summed E-state index contributed by atoms with van der Waals surface area (Å²) in [6.45, 7) is 21.2. The number of fused-ring (bicyclic) bond motifs is 3. The molecule has 4 nitrogen and oxygen atoms in total. The number of aromatic nitrogens is 2. The molecular formula is C42H69N3O. The summed E-state index contributed by atoms with van der Waals surface area (Å²) in [4.78, 5) is 8.19. The van der Waals surface area contributed by atoms with Gasteiger partial charge in [0.2, 0.25) is 0 Å². The van der Waals surface area contributed by atoms with Crippen molar-refractivity contribution in [2.45, 2.75) is 92.0 Å². The van der Waals surface area contributed by atoms with Gasteiger partial charge in [-0.25, -0.2) is 0 Å². The van der Waals surface area contributed by atoms with Gasteiger partial charge in [0, 0.05) is 30.5 Å². The molecule has 0 amide bonds. The van der Waals surface area contributed by atoms with E-state index in [0.717, 1.165) is 47.9 Å². The van der Waals surface area contributed by atoms with Gasteiger partial charge in [0.15, 0.2) is 0 Å². The third-order valence-electron chi connectivity index (χ3n) is 4.62. The van der Waals surface area contributed by atoms with E-state index in [1.165, 1.54) is 16.2 Å². The standard InChI is InChI=1S/2C9H7N.C8H9NO.3C4H10.4CH4/c1-2-6-9-8(4-1)5-3-7-10-9;1-2-4-9-7-10-6-5-8(9)3-1;1-2-4-8-7(3-1)9-5-6-10-8;3*1-4(2)3;;;;/h2*1-7H;1-4,9H,5-6H2;3*4H,1-3H3;4*1H4. The predicted octanol–water partition coefficient (Wildman–Crippen LogP) is 13.5. The number of hydrogen-bond acceptors (Lipinski definition) is 4. The molecule has 1 aliphatic heterocycles. The van der Waals surface area contributed by atoms with E-state index < -0.39 is 0 Å². The molecule has 4 heteroatoms. The van der Waals surface area contributed by atoms with Gasteiger partial charge in [-0.2, -0.15) is 0 Å². The van der Waals surface area contributed by atoms with Crippen molar-refractivity contribution in [3.8, 4) is 5.75 Å². The van der Waals surface area contributed by atoms with E-state index in [4.69, 9.17) is 4.74 Å². The largest absolute Gasteiger partial charge is 0.490 e. The Kier molecular flexibility index (Phi) is 31.7. The van der Waals surface area contributed by atoms with Crippen molar-refractivity contribution in [1.29, 1.82) is 0 Å². The Labute approximate surface area is 285 Å². The Morgan fingerprint density at radius 1 is 0.543 bits per heavy atom. The molecule has 0 spiro atoms. The highest BCUT2D eigenvalue weighted by Crippen LogP contribution is 2.25. The molecule has 46 heavy (non-hydrogen) atoms. The van der Waals surface area contributed by atoms with Gasteiger partial charge in [-0.05, 0) is 58.9 Å². The van der Waals surface area contributed by atoms with Crippen LogP contribution in [-0.4, -0.2) is 23.1 Å². The second kappa shape index (κ2) is 29.8. The van der Waals surface area contributed by atoms with Crippen molar-refractivity contribution in [3.63, 3.8) is 0 Å². The van der Waals surface area contributed by atoms with E-state index in [1.54, 1.807) is 0 Å². The molecule has 2 aromatic heterocycles. The Hall–Kier alpha value is -3.92. The van der Waals surface area contributed by atoms with Gasteiger partial charge in [0.05, 0.1) is 11.2 Å². The lowest BCUT2D eigenvalue weighted by Gasteiger charge is -2.17. The number of hydrogen-bond donors (Lipinski definition) is 1. The highest BCUT2D eigenvalue weighted by molar-refractivity contribution is 5.81. The Balaban J connectivity index is -0.000000237. The third kappa shape index (κ3) is 24.4. The molecule has 3 aromatic carbocycles. The van der Waals surface area contributed by atoms with E-state index in [9.17, 15) is 0 Å². The van der Waals surface area contributed by atoms with Crippen LogP contribution in [-0.2, 0) is 0 Å². The molecule has 1 aliphatic rings. The van der Waals surface area contributed by atoms with Crippen LogP contribution in [0, 0.1) is 17.8 Å². The minimum Gasteiger partial charge on any atom is -0.490 e. The maximum absolute atomic E-state index is 5.36. The summed E-state index contributed by atoms with van der Waals surface area (Å²) < 4.78 is 5.36. The summed E-state index contributed by atoms with van der Waals surface area (Å²) in [5.41, 5.74) is 2.17. The van der Waals surface area contributed by atoms with Crippen molar-refractivity contribution in [2.75, 3.05) is 18.5 Å². The Bertz CT molecular complexity index is 1120. The number of nitrogens with one attached hydrogen (secondary N) is 1. The monoisotopic (exact) mass is 632 g/mol. The number of rotatable bonds is 0. The van der Waals surface area contributed by atoms with Gasteiger partial charge < -0.3 is 10.1 Å². The lowest BCUT2D eigenvalue weighted by molar-refractivity contribution is 0.323. The first-order valence-electron chi connectivity index (χ1n) is 15.1. The van der Waals surface area contributed by atoms with Gasteiger partial charge in [-0.1, -0.05) is 153 Å². The molecule has 0 atom stereocenters. The molecule has 0 radical (unpaired) electrons. The highest BCUT2D eigenvalue weighted by Gasteiger charge is 2.05. The van der Waals surface area contributed by atoms with Crippen LogP contribution in [0.15, 0.2) is 110 Å². The van der Waals surface area contributed by atoms with Gasteiger partial charge in [-0.3, -0.25) is 9.97 Å². The number of ether oxygens (including phenoxy) is 1. The van der Waals surface area contributed by atoms with Crippen molar-refractivity contribution in [2.24, 2.45) is 17.8 Å². The molecule has 1 N–H and O–H groups in total. The fraction of sp³-hybridized carbons (Fsp3) is 0.429. The lowest BCUT2D eigenvalue weighted by Crippen LogP contribution is -2.17. The number of nitrogens with zero attached hydrogens (tertiary/aromatic N) is 2. The van der Waals surface area contributed by atoms with Crippen molar-refractivity contribution >= 4 is 27.4 Å². The van der Waals surface area contributed by atoms with Gasteiger partial charge >= 0.3 is 0 Å². The van der Waals surface area contributed by atoms with Crippen LogP contribution >= 0.6 is 0 Å². The van der Waals surface area contributed by atoms with Gasteiger partial charge in [0.25, 0.3) is 0 Å². The number of benzene rings is 3. The molecule has 0 saturated heterocycles. The predicted molar refractivity (Wildman–Crippen MR) is 212 cm³/mol. The zero-order valence-corrected chi connectivity index (χ0v) is 27.3. The number of anilines is 1. The van der Waals surface area contributed by atoms with Crippen LogP contribution in [0.5, 0.6) is 5.75 Å². The Morgan fingerprint density at radius 2 is 1.02 bits per heavy atom. The maximum atomic E-state index is 5.36. The van der Waals surface area contributed by atoms with Crippen molar-refractivity contribution < 1.29 is 4.74 Å². The molecule has 0 saturated carbocycles. The fourth-order valence-corrected chi connectivity index (χ4v) is 3.13. The molecule has 0 aliphatic carbocycles. The van der Waals surface area contributed by atoms with E-state index in [2.05, 4.69) is 102 Å². The molecule has 6 rings (SSSR count). The highest BCUT2D eigenvalue weighted by atomic mass is 16.5. The van der Waals surface area contributed by atoms with E-state index in [-0.39, 0.29) is 29.7 Å². The molecular weight excluding hydrogens is 562 g/mol. The summed E-state index contributed by atoms with van der Waals surface area (Å²) in [5.74, 6) is 3.47. The fourth-order valence-electron chi connectivity index (χ4n) is 3.13. The third-order valence-corrected chi connectivity index (χ3v) is 4.62. The molecule has 5 aromatic rings.